The van der Waals surface area contributed by atoms with Gasteiger partial charge in [0.05, 0.1) is 12.7 Å². The lowest BCUT2D eigenvalue weighted by molar-refractivity contribution is -0.122. The van der Waals surface area contributed by atoms with Crippen LogP contribution < -0.4 is 0 Å². The Bertz CT molecular complexity index is 350. The van der Waals surface area contributed by atoms with Crippen molar-refractivity contribution in [1.82, 2.24) is 0 Å². The third-order valence-corrected chi connectivity index (χ3v) is 3.58. The number of rotatable bonds is 4. The Morgan fingerprint density at radius 1 is 1.18 bits per heavy atom. The molecule has 2 nitrogen and oxygen atoms in total. The fourth-order valence-corrected chi connectivity index (χ4v) is 2.42. The first-order chi connectivity index (χ1) is 8.25. The monoisotopic (exact) mass is 232 g/mol. The summed E-state index contributed by atoms with van der Waals surface area (Å²) >= 11 is 0. The van der Waals surface area contributed by atoms with E-state index in [1.54, 1.807) is 6.92 Å². The van der Waals surface area contributed by atoms with Gasteiger partial charge in [0.15, 0.2) is 0 Å². The maximum atomic E-state index is 11.2. The van der Waals surface area contributed by atoms with Crippen molar-refractivity contribution in [2.45, 2.75) is 45.3 Å². The third kappa shape index (κ3) is 3.67. The highest BCUT2D eigenvalue weighted by Gasteiger charge is 2.24. The van der Waals surface area contributed by atoms with Crippen LogP contribution in [0.15, 0.2) is 30.3 Å². The van der Waals surface area contributed by atoms with E-state index in [2.05, 4.69) is 12.1 Å². The summed E-state index contributed by atoms with van der Waals surface area (Å²) in [6, 6.07) is 10.3. The lowest BCUT2D eigenvalue weighted by Crippen LogP contribution is -2.24. The molecule has 1 aromatic rings. The smallest absolute Gasteiger partial charge is 0.132 e. The first-order valence-corrected chi connectivity index (χ1v) is 6.41. The largest absolute Gasteiger partial charge is 0.374 e. The zero-order valence-corrected chi connectivity index (χ0v) is 10.4. The van der Waals surface area contributed by atoms with Gasteiger partial charge in [-0.25, -0.2) is 0 Å². The van der Waals surface area contributed by atoms with Crippen LogP contribution in [0.5, 0.6) is 0 Å². The average molecular weight is 232 g/mol. The Kier molecular flexibility index (Phi) is 4.32. The van der Waals surface area contributed by atoms with E-state index in [0.717, 1.165) is 25.7 Å². The van der Waals surface area contributed by atoms with Crippen LogP contribution in [0.1, 0.15) is 38.2 Å². The van der Waals surface area contributed by atoms with Crippen molar-refractivity contribution < 1.29 is 9.53 Å². The van der Waals surface area contributed by atoms with E-state index < -0.39 is 0 Å². The van der Waals surface area contributed by atoms with Crippen molar-refractivity contribution in [2.75, 3.05) is 0 Å². The molecule has 0 atom stereocenters. The highest BCUT2D eigenvalue weighted by molar-refractivity contribution is 5.78. The number of benzene rings is 1. The van der Waals surface area contributed by atoms with Crippen molar-refractivity contribution in [3.8, 4) is 0 Å². The van der Waals surface area contributed by atoms with Gasteiger partial charge < -0.3 is 4.74 Å². The number of carbonyl (C=O) groups is 1. The van der Waals surface area contributed by atoms with Crippen molar-refractivity contribution >= 4 is 5.78 Å². The SMILES string of the molecule is CC(=O)C1CCC(OCc2ccccc2)CC1. The molecule has 0 amide bonds. The summed E-state index contributed by atoms with van der Waals surface area (Å²) in [5.74, 6) is 0.623. The zero-order chi connectivity index (χ0) is 12.1. The van der Waals surface area contributed by atoms with Gasteiger partial charge in [-0.05, 0) is 38.2 Å². The van der Waals surface area contributed by atoms with Gasteiger partial charge in [-0.2, -0.15) is 0 Å². The fourth-order valence-electron chi connectivity index (χ4n) is 2.42. The molecule has 0 unspecified atom stereocenters. The highest BCUT2D eigenvalue weighted by Crippen LogP contribution is 2.27. The second-order valence-corrected chi connectivity index (χ2v) is 4.88. The number of carbonyl (C=O) groups excluding carboxylic acids is 1. The first-order valence-electron chi connectivity index (χ1n) is 6.41. The van der Waals surface area contributed by atoms with Gasteiger partial charge in [-0.1, -0.05) is 30.3 Å². The minimum Gasteiger partial charge on any atom is -0.374 e. The van der Waals surface area contributed by atoms with E-state index in [1.165, 1.54) is 5.56 Å². The quantitative estimate of drug-likeness (QED) is 0.795. The van der Waals surface area contributed by atoms with Crippen LogP contribution in [0.4, 0.5) is 0 Å². The van der Waals surface area contributed by atoms with Crippen LogP contribution in [0, 0.1) is 5.92 Å². The molecule has 1 fully saturated rings. The van der Waals surface area contributed by atoms with Crippen molar-refractivity contribution in [3.63, 3.8) is 0 Å². The molecule has 0 aromatic heterocycles. The lowest BCUT2D eigenvalue weighted by Gasteiger charge is -2.27. The lowest BCUT2D eigenvalue weighted by atomic mass is 9.85. The second-order valence-electron chi connectivity index (χ2n) is 4.88. The Hall–Kier alpha value is -1.15. The van der Waals surface area contributed by atoms with Gasteiger partial charge in [0.2, 0.25) is 0 Å². The Morgan fingerprint density at radius 2 is 1.82 bits per heavy atom. The normalized spacial score (nSPS) is 24.5. The number of hydrogen-bond donors (Lipinski definition) is 0. The summed E-state index contributed by atoms with van der Waals surface area (Å²) in [6.07, 6.45) is 4.38. The summed E-state index contributed by atoms with van der Waals surface area (Å²) in [5, 5.41) is 0. The van der Waals surface area contributed by atoms with Crippen LogP contribution in [-0.2, 0) is 16.1 Å². The molecule has 2 heteroatoms. The number of ketones is 1. The molecule has 0 bridgehead atoms. The molecule has 2 rings (SSSR count). The van der Waals surface area contributed by atoms with Crippen LogP contribution in [0.3, 0.4) is 0 Å². The summed E-state index contributed by atoms with van der Waals surface area (Å²) in [5.41, 5.74) is 1.22. The molecule has 1 aliphatic rings. The van der Waals surface area contributed by atoms with Crippen LogP contribution in [0.25, 0.3) is 0 Å². The van der Waals surface area contributed by atoms with E-state index in [1.807, 2.05) is 18.2 Å². The predicted octanol–water partition coefficient (Wildman–Crippen LogP) is 3.35. The molecule has 1 aliphatic carbocycles. The zero-order valence-electron chi connectivity index (χ0n) is 10.4. The summed E-state index contributed by atoms with van der Waals surface area (Å²) < 4.78 is 5.89. The Balaban J connectivity index is 1.74. The predicted molar refractivity (Wildman–Crippen MR) is 67.7 cm³/mol. The van der Waals surface area contributed by atoms with E-state index in [4.69, 9.17) is 4.74 Å². The Labute approximate surface area is 103 Å². The van der Waals surface area contributed by atoms with Gasteiger partial charge >= 0.3 is 0 Å². The highest BCUT2D eigenvalue weighted by atomic mass is 16.5. The van der Waals surface area contributed by atoms with E-state index in [9.17, 15) is 4.79 Å². The fraction of sp³-hybridized carbons (Fsp3) is 0.533. The summed E-state index contributed by atoms with van der Waals surface area (Å²) in [6.45, 7) is 2.39. The van der Waals surface area contributed by atoms with Crippen LogP contribution in [-0.4, -0.2) is 11.9 Å². The molecule has 0 saturated heterocycles. The topological polar surface area (TPSA) is 26.3 Å². The van der Waals surface area contributed by atoms with E-state index >= 15 is 0 Å². The van der Waals surface area contributed by atoms with Crippen LogP contribution in [0.2, 0.25) is 0 Å². The van der Waals surface area contributed by atoms with Gasteiger partial charge in [0, 0.05) is 5.92 Å². The summed E-state index contributed by atoms with van der Waals surface area (Å²) in [4.78, 5) is 11.2. The minimum atomic E-state index is 0.284. The summed E-state index contributed by atoms with van der Waals surface area (Å²) in [7, 11) is 0. The van der Waals surface area contributed by atoms with Crippen LogP contribution >= 0.6 is 0 Å². The second kappa shape index (κ2) is 5.97. The molecule has 0 N–H and O–H groups in total. The maximum Gasteiger partial charge on any atom is 0.132 e. The standard InChI is InChI=1S/C15H20O2/c1-12(16)14-7-9-15(10-8-14)17-11-13-5-3-2-4-6-13/h2-6,14-15H,7-11H2,1H3. The minimum absolute atomic E-state index is 0.284. The van der Waals surface area contributed by atoms with Crippen molar-refractivity contribution in [2.24, 2.45) is 5.92 Å². The molecule has 1 saturated carbocycles. The molecule has 0 spiro atoms. The number of ether oxygens (including phenoxy) is 1. The molecule has 0 radical (unpaired) electrons. The molecule has 0 heterocycles. The molecular formula is C15H20O2. The van der Waals surface area contributed by atoms with E-state index in [0.29, 0.717) is 18.5 Å². The van der Waals surface area contributed by atoms with Crippen molar-refractivity contribution in [3.05, 3.63) is 35.9 Å². The average Bonchev–Trinajstić information content (AvgIpc) is 2.38. The maximum absolute atomic E-state index is 11.2. The third-order valence-electron chi connectivity index (χ3n) is 3.58. The van der Waals surface area contributed by atoms with Gasteiger partial charge in [-0.15, -0.1) is 0 Å². The molecular weight excluding hydrogens is 212 g/mol. The molecule has 17 heavy (non-hydrogen) atoms. The number of hydrogen-bond acceptors (Lipinski definition) is 2. The molecule has 92 valence electrons. The van der Waals surface area contributed by atoms with E-state index in [-0.39, 0.29) is 5.92 Å². The molecule has 0 aliphatic heterocycles. The van der Waals surface area contributed by atoms with Crippen molar-refractivity contribution in [1.29, 1.82) is 0 Å². The van der Waals surface area contributed by atoms with Gasteiger partial charge in [0.25, 0.3) is 0 Å². The van der Waals surface area contributed by atoms with Gasteiger partial charge in [-0.3, -0.25) is 4.79 Å². The Morgan fingerprint density at radius 3 is 2.41 bits per heavy atom. The molecule has 1 aromatic carbocycles. The first kappa shape index (κ1) is 12.3. The number of Topliss-reactive ketones (excluding diaryl/α,β-unsaturated/α-hetero) is 1. The van der Waals surface area contributed by atoms with Gasteiger partial charge in [0.1, 0.15) is 5.78 Å².